The number of hydrogen-bond acceptors (Lipinski definition) is 2. The Labute approximate surface area is 371 Å². The summed E-state index contributed by atoms with van der Waals surface area (Å²) >= 11 is 0. The van der Waals surface area contributed by atoms with Crippen molar-refractivity contribution in [3.8, 4) is 39.1 Å². The van der Waals surface area contributed by atoms with Crippen LogP contribution in [0.4, 0.5) is 17.1 Å². The normalized spacial score (nSPS) is 13.0. The van der Waals surface area contributed by atoms with Crippen LogP contribution in [0.3, 0.4) is 0 Å². The maximum Gasteiger partial charge on any atom is 0.159 e. The molecular formula is C61H42N2O. The number of hydrogen-bond donors (Lipinski definition) is 0. The highest BCUT2D eigenvalue weighted by Crippen LogP contribution is 2.52. The van der Waals surface area contributed by atoms with Crippen molar-refractivity contribution < 1.29 is 4.42 Å². The van der Waals surface area contributed by atoms with Gasteiger partial charge in [-0.2, -0.15) is 0 Å². The van der Waals surface area contributed by atoms with Crippen molar-refractivity contribution >= 4 is 71.6 Å². The van der Waals surface area contributed by atoms with E-state index in [9.17, 15) is 0 Å². The minimum Gasteiger partial charge on any atom is -0.453 e. The molecule has 302 valence electrons. The number of furan rings is 1. The third-order valence-electron chi connectivity index (χ3n) is 13.8. The van der Waals surface area contributed by atoms with Crippen LogP contribution in [-0.2, 0) is 5.41 Å². The molecule has 13 rings (SSSR count). The summed E-state index contributed by atoms with van der Waals surface area (Å²) in [6, 6.07) is 79.4. The molecule has 2 heterocycles. The zero-order valence-electron chi connectivity index (χ0n) is 35.6. The minimum atomic E-state index is -0.151. The third kappa shape index (κ3) is 5.41. The molecule has 0 amide bonds. The smallest absolute Gasteiger partial charge is 0.159 e. The molecule has 0 atom stereocenters. The lowest BCUT2D eigenvalue weighted by Crippen LogP contribution is -2.16. The number of nitrogens with zero attached hydrogens (tertiary/aromatic N) is 2. The Morgan fingerprint density at radius 2 is 1.00 bits per heavy atom. The van der Waals surface area contributed by atoms with Crippen LogP contribution in [0.2, 0.25) is 0 Å². The Balaban J connectivity index is 1.01. The second-order valence-corrected chi connectivity index (χ2v) is 17.7. The predicted molar refractivity (Wildman–Crippen MR) is 269 cm³/mol. The zero-order valence-corrected chi connectivity index (χ0v) is 35.6. The molecule has 0 saturated carbocycles. The molecule has 0 unspecified atom stereocenters. The Kier molecular flexibility index (Phi) is 7.95. The number of benzene rings is 10. The lowest BCUT2D eigenvalue weighted by molar-refractivity contribution is 0.660. The highest BCUT2D eigenvalue weighted by atomic mass is 16.3. The molecule has 1 aliphatic carbocycles. The highest BCUT2D eigenvalue weighted by Gasteiger charge is 2.36. The first kappa shape index (κ1) is 36.5. The monoisotopic (exact) mass is 818 g/mol. The third-order valence-corrected chi connectivity index (χ3v) is 13.8. The van der Waals surface area contributed by atoms with E-state index in [1.807, 2.05) is 0 Å². The first-order chi connectivity index (χ1) is 31.5. The van der Waals surface area contributed by atoms with Gasteiger partial charge in [0, 0.05) is 49.6 Å². The van der Waals surface area contributed by atoms with Gasteiger partial charge in [0.15, 0.2) is 5.58 Å². The summed E-state index contributed by atoms with van der Waals surface area (Å²) < 4.78 is 9.72. The van der Waals surface area contributed by atoms with E-state index in [4.69, 9.17) is 4.42 Å². The van der Waals surface area contributed by atoms with Gasteiger partial charge in [-0.25, -0.2) is 0 Å². The molecule has 0 aliphatic heterocycles. The molecule has 0 bridgehead atoms. The van der Waals surface area contributed by atoms with Crippen LogP contribution in [0.1, 0.15) is 25.0 Å². The quantitative estimate of drug-likeness (QED) is 0.167. The topological polar surface area (TPSA) is 21.3 Å². The summed E-state index contributed by atoms with van der Waals surface area (Å²) in [6.45, 7) is 4.70. The maximum absolute atomic E-state index is 7.35. The number of rotatable bonds is 6. The van der Waals surface area contributed by atoms with Gasteiger partial charge in [-0.05, 0) is 110 Å². The van der Waals surface area contributed by atoms with Crippen LogP contribution in [-0.4, -0.2) is 4.57 Å². The molecule has 3 nitrogen and oxygen atoms in total. The van der Waals surface area contributed by atoms with Crippen molar-refractivity contribution in [3.63, 3.8) is 0 Å². The van der Waals surface area contributed by atoms with E-state index in [1.54, 1.807) is 0 Å². The molecule has 0 spiro atoms. The van der Waals surface area contributed by atoms with Crippen LogP contribution in [0, 0.1) is 0 Å². The molecular weight excluding hydrogens is 777 g/mol. The largest absolute Gasteiger partial charge is 0.453 e. The summed E-state index contributed by atoms with van der Waals surface area (Å²) in [4.78, 5) is 2.39. The number of anilines is 3. The zero-order chi connectivity index (χ0) is 42.5. The molecule has 0 radical (unpaired) electrons. The Bertz CT molecular complexity index is 3740. The second kappa shape index (κ2) is 13.9. The average Bonchev–Trinajstić information content (AvgIpc) is 3.97. The van der Waals surface area contributed by atoms with E-state index in [-0.39, 0.29) is 5.41 Å². The van der Waals surface area contributed by atoms with E-state index >= 15 is 0 Å². The van der Waals surface area contributed by atoms with Crippen LogP contribution < -0.4 is 4.90 Å². The van der Waals surface area contributed by atoms with E-state index in [2.05, 4.69) is 242 Å². The number of para-hydroxylation sites is 3. The van der Waals surface area contributed by atoms with Gasteiger partial charge in [0.2, 0.25) is 0 Å². The van der Waals surface area contributed by atoms with Crippen molar-refractivity contribution in [1.82, 2.24) is 4.57 Å². The summed E-state index contributed by atoms with van der Waals surface area (Å²) in [6.07, 6.45) is 0. The van der Waals surface area contributed by atoms with Gasteiger partial charge in [0.25, 0.3) is 0 Å². The number of fused-ring (bicyclic) bond motifs is 10. The van der Waals surface area contributed by atoms with Gasteiger partial charge in [0.1, 0.15) is 5.58 Å². The molecule has 10 aromatic carbocycles. The number of aromatic nitrogens is 1. The highest BCUT2D eigenvalue weighted by molar-refractivity contribution is 6.20. The van der Waals surface area contributed by atoms with E-state index in [0.717, 1.165) is 61.2 Å². The predicted octanol–water partition coefficient (Wildman–Crippen LogP) is 16.9. The van der Waals surface area contributed by atoms with Gasteiger partial charge in [-0.15, -0.1) is 0 Å². The first-order valence-corrected chi connectivity index (χ1v) is 22.2. The SMILES string of the molecule is CC1(C)c2ccccc2-c2ccc(N(c3ccc(-c4ccccc4)cc3)c3cccc4c3oc3c(-c5ccc(-n6c7ccccc7c7ccccc76)cc5)c5ccccc5cc34)cc21. The van der Waals surface area contributed by atoms with Crippen molar-refractivity contribution in [2.24, 2.45) is 0 Å². The molecule has 12 aromatic rings. The molecule has 3 heteroatoms. The second-order valence-electron chi connectivity index (χ2n) is 17.7. The van der Waals surface area contributed by atoms with Crippen molar-refractivity contribution in [3.05, 3.63) is 230 Å². The molecule has 1 aliphatic rings. The lowest BCUT2D eigenvalue weighted by atomic mass is 9.82. The first-order valence-electron chi connectivity index (χ1n) is 22.2. The fourth-order valence-corrected chi connectivity index (χ4v) is 10.7. The van der Waals surface area contributed by atoms with E-state index in [0.29, 0.717) is 0 Å². The Hall–Kier alpha value is -8.14. The van der Waals surface area contributed by atoms with Crippen molar-refractivity contribution in [2.75, 3.05) is 4.90 Å². The summed E-state index contributed by atoms with van der Waals surface area (Å²) in [5.74, 6) is 0. The average molecular weight is 819 g/mol. The van der Waals surface area contributed by atoms with Gasteiger partial charge in [-0.1, -0.05) is 172 Å². The fraction of sp³-hybridized carbons (Fsp3) is 0.0492. The minimum absolute atomic E-state index is 0.151. The van der Waals surface area contributed by atoms with Crippen molar-refractivity contribution in [1.29, 1.82) is 0 Å². The van der Waals surface area contributed by atoms with Gasteiger partial charge in [0.05, 0.1) is 16.7 Å². The molecule has 64 heavy (non-hydrogen) atoms. The van der Waals surface area contributed by atoms with E-state index < -0.39 is 0 Å². The van der Waals surface area contributed by atoms with Crippen LogP contribution in [0.15, 0.2) is 223 Å². The standard InChI is InChI=1S/C61H42N2O/c1-61(2)53-23-11-8-19-47(53)48-36-35-45(38-54(48)61)62(43-31-27-40(28-32-43)39-15-4-3-5-16-39)57-26-14-22-51-52-37-42-17-6-7-18-46(42)58(60(52)64-59(51)57)41-29-33-44(34-30-41)63-55-24-12-9-20-49(55)50-21-10-13-25-56(50)63/h3-38H,1-2H3. The van der Waals surface area contributed by atoms with Gasteiger partial charge < -0.3 is 13.9 Å². The molecule has 2 aromatic heterocycles. The van der Waals surface area contributed by atoms with Crippen LogP contribution in [0.25, 0.3) is 93.6 Å². The van der Waals surface area contributed by atoms with Crippen LogP contribution >= 0.6 is 0 Å². The molecule has 0 N–H and O–H groups in total. The Morgan fingerprint density at radius 1 is 0.406 bits per heavy atom. The van der Waals surface area contributed by atoms with Crippen LogP contribution in [0.5, 0.6) is 0 Å². The fourth-order valence-electron chi connectivity index (χ4n) is 10.7. The molecule has 0 saturated heterocycles. The van der Waals surface area contributed by atoms with Gasteiger partial charge >= 0.3 is 0 Å². The van der Waals surface area contributed by atoms with E-state index in [1.165, 1.54) is 60.6 Å². The van der Waals surface area contributed by atoms with Crippen molar-refractivity contribution in [2.45, 2.75) is 19.3 Å². The summed E-state index contributed by atoms with van der Waals surface area (Å²) in [7, 11) is 0. The summed E-state index contributed by atoms with van der Waals surface area (Å²) in [5, 5.41) is 7.03. The lowest BCUT2D eigenvalue weighted by Gasteiger charge is -2.28. The molecule has 0 fully saturated rings. The summed E-state index contributed by atoms with van der Waals surface area (Å²) in [5.41, 5.74) is 18.1. The van der Waals surface area contributed by atoms with Gasteiger partial charge in [-0.3, -0.25) is 0 Å². The maximum atomic E-state index is 7.35. The Morgan fingerprint density at radius 3 is 1.77 bits per heavy atom.